The zero-order chi connectivity index (χ0) is 9.97. The fourth-order valence-corrected chi connectivity index (χ4v) is 2.47. The van der Waals surface area contributed by atoms with Gasteiger partial charge in [-0.25, -0.2) is 0 Å². The van der Waals surface area contributed by atoms with Crippen molar-refractivity contribution in [1.82, 2.24) is 0 Å². The fourth-order valence-electron chi connectivity index (χ4n) is 1.34. The van der Waals surface area contributed by atoms with Gasteiger partial charge in [0.25, 0.3) is 0 Å². The topological polar surface area (TPSA) is 29.5 Å². The van der Waals surface area contributed by atoms with E-state index in [1.165, 1.54) is 0 Å². The maximum atomic E-state index is 9.42. The lowest BCUT2D eigenvalue weighted by atomic mass is 10.2. The van der Waals surface area contributed by atoms with Crippen molar-refractivity contribution in [1.29, 1.82) is 0 Å². The lowest BCUT2D eigenvalue weighted by Crippen LogP contribution is -2.22. The van der Waals surface area contributed by atoms with Crippen LogP contribution in [0.2, 0.25) is 5.02 Å². The molecular weight excluding hydrogens is 220 g/mol. The van der Waals surface area contributed by atoms with Gasteiger partial charge in [0.2, 0.25) is 0 Å². The van der Waals surface area contributed by atoms with Crippen molar-refractivity contribution in [2.24, 2.45) is 0 Å². The third-order valence-corrected chi connectivity index (χ3v) is 3.39. The Kier molecular flexibility index (Phi) is 3.21. The van der Waals surface area contributed by atoms with Gasteiger partial charge >= 0.3 is 0 Å². The summed E-state index contributed by atoms with van der Waals surface area (Å²) in [6, 6.07) is 5.58. The first-order valence-electron chi connectivity index (χ1n) is 4.43. The maximum absolute atomic E-state index is 9.42. The quantitative estimate of drug-likeness (QED) is 0.742. The van der Waals surface area contributed by atoms with Crippen LogP contribution in [0.15, 0.2) is 18.2 Å². The van der Waals surface area contributed by atoms with Gasteiger partial charge in [-0.2, -0.15) is 11.8 Å². The first kappa shape index (κ1) is 10.1. The Hall–Kier alpha value is -0.380. The molecule has 0 aliphatic carbocycles. The van der Waals surface area contributed by atoms with E-state index in [2.05, 4.69) is 0 Å². The first-order chi connectivity index (χ1) is 6.75. The summed E-state index contributed by atoms with van der Waals surface area (Å²) in [4.78, 5) is 0. The molecule has 4 heteroatoms. The monoisotopic (exact) mass is 230 g/mol. The second-order valence-electron chi connectivity index (χ2n) is 3.23. The number of aliphatic hydroxyl groups is 1. The average Bonchev–Trinajstić information content (AvgIpc) is 2.13. The molecule has 14 heavy (non-hydrogen) atoms. The Bertz CT molecular complexity index is 330. The summed E-state index contributed by atoms with van der Waals surface area (Å²) in [7, 11) is 0. The number of thioether (sulfide) groups is 1. The number of aliphatic hydroxyl groups excluding tert-OH is 1. The van der Waals surface area contributed by atoms with Crippen LogP contribution in [0.5, 0.6) is 5.75 Å². The molecule has 76 valence electrons. The van der Waals surface area contributed by atoms with Crippen LogP contribution in [0.4, 0.5) is 0 Å². The molecule has 0 radical (unpaired) electrons. The van der Waals surface area contributed by atoms with E-state index in [0.29, 0.717) is 12.4 Å². The molecule has 0 bridgehead atoms. The molecule has 0 saturated heterocycles. The van der Waals surface area contributed by atoms with Crippen LogP contribution in [0.25, 0.3) is 0 Å². The van der Waals surface area contributed by atoms with Crippen LogP contribution < -0.4 is 4.74 Å². The van der Waals surface area contributed by atoms with E-state index in [4.69, 9.17) is 16.3 Å². The van der Waals surface area contributed by atoms with Crippen LogP contribution in [-0.2, 0) is 5.75 Å². The van der Waals surface area contributed by atoms with E-state index in [1.54, 1.807) is 17.8 Å². The van der Waals surface area contributed by atoms with Crippen molar-refractivity contribution in [3.8, 4) is 5.75 Å². The van der Waals surface area contributed by atoms with Crippen molar-refractivity contribution in [2.75, 3.05) is 12.4 Å². The SMILES string of the molecule is OC1COc2ccc(Cl)cc2CSC1. The minimum Gasteiger partial charge on any atom is -0.491 e. The summed E-state index contributed by atoms with van der Waals surface area (Å²) in [5, 5.41) is 10.2. The van der Waals surface area contributed by atoms with Crippen molar-refractivity contribution in [3.63, 3.8) is 0 Å². The van der Waals surface area contributed by atoms with Crippen molar-refractivity contribution in [3.05, 3.63) is 28.8 Å². The molecule has 1 aromatic rings. The highest BCUT2D eigenvalue weighted by molar-refractivity contribution is 7.98. The highest BCUT2D eigenvalue weighted by Gasteiger charge is 2.13. The van der Waals surface area contributed by atoms with Crippen molar-refractivity contribution < 1.29 is 9.84 Å². The predicted molar refractivity (Wildman–Crippen MR) is 59.1 cm³/mol. The molecule has 1 N–H and O–H groups in total. The smallest absolute Gasteiger partial charge is 0.123 e. The molecule has 1 aliphatic rings. The third kappa shape index (κ3) is 2.35. The largest absolute Gasteiger partial charge is 0.491 e. The second-order valence-corrected chi connectivity index (χ2v) is 4.70. The first-order valence-corrected chi connectivity index (χ1v) is 5.96. The van der Waals surface area contributed by atoms with Crippen LogP contribution in [0.3, 0.4) is 0 Å². The molecule has 0 spiro atoms. The van der Waals surface area contributed by atoms with Crippen molar-refractivity contribution in [2.45, 2.75) is 11.9 Å². The Morgan fingerprint density at radius 2 is 2.36 bits per heavy atom. The molecule has 1 atom stereocenters. The second kappa shape index (κ2) is 4.43. The summed E-state index contributed by atoms with van der Waals surface area (Å²) in [5.41, 5.74) is 1.11. The number of benzene rings is 1. The molecular formula is C10H11ClO2S. The van der Waals surface area contributed by atoms with E-state index >= 15 is 0 Å². The highest BCUT2D eigenvalue weighted by Crippen LogP contribution is 2.28. The van der Waals surface area contributed by atoms with Gasteiger partial charge < -0.3 is 9.84 Å². The minimum absolute atomic E-state index is 0.363. The highest BCUT2D eigenvalue weighted by atomic mass is 35.5. The molecule has 1 aliphatic heterocycles. The Balaban J connectivity index is 2.24. The van der Waals surface area contributed by atoms with E-state index in [9.17, 15) is 5.11 Å². The van der Waals surface area contributed by atoms with Crippen molar-refractivity contribution >= 4 is 23.4 Å². The van der Waals surface area contributed by atoms with E-state index in [1.807, 2.05) is 12.1 Å². The Labute approximate surface area is 92.2 Å². The van der Waals surface area contributed by atoms with Crippen LogP contribution in [-0.4, -0.2) is 23.6 Å². The molecule has 0 saturated carbocycles. The van der Waals surface area contributed by atoms with Gasteiger partial charge in [0.05, 0.1) is 6.10 Å². The summed E-state index contributed by atoms with van der Waals surface area (Å²) < 4.78 is 5.47. The van der Waals surface area contributed by atoms with E-state index < -0.39 is 0 Å². The number of hydrogen-bond acceptors (Lipinski definition) is 3. The maximum Gasteiger partial charge on any atom is 0.123 e. The molecule has 2 rings (SSSR count). The molecule has 2 nitrogen and oxygen atoms in total. The van der Waals surface area contributed by atoms with Gasteiger partial charge in [-0.15, -0.1) is 0 Å². The average molecular weight is 231 g/mol. The van der Waals surface area contributed by atoms with Gasteiger partial charge in [0, 0.05) is 22.1 Å². The molecule has 0 aromatic heterocycles. The molecule has 1 unspecified atom stereocenters. The van der Waals surface area contributed by atoms with E-state index in [0.717, 1.165) is 22.1 Å². The zero-order valence-corrected chi connectivity index (χ0v) is 9.14. The number of hydrogen-bond donors (Lipinski definition) is 1. The number of halogens is 1. The lowest BCUT2D eigenvalue weighted by molar-refractivity contribution is 0.125. The summed E-state index contributed by atoms with van der Waals surface area (Å²) >= 11 is 7.59. The number of fused-ring (bicyclic) bond motifs is 1. The minimum atomic E-state index is -0.371. The van der Waals surface area contributed by atoms with Gasteiger partial charge in [0.1, 0.15) is 12.4 Å². The normalized spacial score (nSPS) is 21.7. The van der Waals surface area contributed by atoms with E-state index in [-0.39, 0.29) is 6.10 Å². The zero-order valence-electron chi connectivity index (χ0n) is 7.57. The van der Waals surface area contributed by atoms with Crippen LogP contribution >= 0.6 is 23.4 Å². The number of rotatable bonds is 0. The molecule has 0 fully saturated rings. The van der Waals surface area contributed by atoms with Crippen LogP contribution in [0, 0.1) is 0 Å². The van der Waals surface area contributed by atoms with Gasteiger partial charge in [-0.05, 0) is 18.2 Å². The standard InChI is InChI=1S/C10H11ClO2S/c11-8-1-2-10-7(3-8)5-14-6-9(12)4-13-10/h1-3,9,12H,4-6H2. The molecule has 1 heterocycles. The fraction of sp³-hybridized carbons (Fsp3) is 0.400. The predicted octanol–water partition coefficient (Wildman–Crippen LogP) is 2.33. The van der Waals surface area contributed by atoms with Gasteiger partial charge in [0.15, 0.2) is 0 Å². The lowest BCUT2D eigenvalue weighted by Gasteiger charge is -2.18. The van der Waals surface area contributed by atoms with Crippen LogP contribution in [0.1, 0.15) is 5.56 Å². The Morgan fingerprint density at radius 3 is 3.21 bits per heavy atom. The Morgan fingerprint density at radius 1 is 1.50 bits per heavy atom. The summed E-state index contributed by atoms with van der Waals surface area (Å²) in [6.07, 6.45) is -0.371. The van der Waals surface area contributed by atoms with Gasteiger partial charge in [-0.3, -0.25) is 0 Å². The molecule has 0 amide bonds. The summed E-state index contributed by atoms with van der Waals surface area (Å²) in [5.74, 6) is 2.39. The van der Waals surface area contributed by atoms with Gasteiger partial charge in [-0.1, -0.05) is 11.6 Å². The summed E-state index contributed by atoms with van der Waals surface area (Å²) in [6.45, 7) is 0.363. The number of ether oxygens (including phenoxy) is 1. The third-order valence-electron chi connectivity index (χ3n) is 2.02. The molecule has 1 aromatic carbocycles.